The van der Waals surface area contributed by atoms with Gasteiger partial charge in [0.1, 0.15) is 0 Å². The number of hydrogen-bond acceptors (Lipinski definition) is 5. The van der Waals surface area contributed by atoms with Gasteiger partial charge in [-0.1, -0.05) is 47.6 Å². The van der Waals surface area contributed by atoms with E-state index in [1.807, 2.05) is 47.9 Å². The summed E-state index contributed by atoms with van der Waals surface area (Å²) < 4.78 is 1.95. The number of amides is 2. The predicted molar refractivity (Wildman–Crippen MR) is 136 cm³/mol. The van der Waals surface area contributed by atoms with Crippen LogP contribution in [0.5, 0.6) is 0 Å². The number of para-hydroxylation sites is 1. The van der Waals surface area contributed by atoms with Crippen LogP contribution in [0.3, 0.4) is 0 Å². The number of nitrogens with zero attached hydrogens (tertiary/aromatic N) is 3. The molecule has 4 rings (SSSR count). The number of halogens is 1. The van der Waals surface area contributed by atoms with Gasteiger partial charge in [0.15, 0.2) is 11.0 Å². The summed E-state index contributed by atoms with van der Waals surface area (Å²) in [6, 6.07) is 22.1. The molecule has 0 aliphatic carbocycles. The normalized spacial score (nSPS) is 10.7. The van der Waals surface area contributed by atoms with Gasteiger partial charge >= 0.3 is 0 Å². The van der Waals surface area contributed by atoms with Crippen LogP contribution in [0.2, 0.25) is 5.02 Å². The molecule has 3 aromatic carbocycles. The molecule has 2 N–H and O–H groups in total. The minimum Gasteiger partial charge on any atom is -0.355 e. The number of thioether (sulfide) groups is 1. The van der Waals surface area contributed by atoms with Crippen LogP contribution in [0, 0.1) is 6.92 Å². The Labute approximate surface area is 206 Å². The van der Waals surface area contributed by atoms with E-state index in [1.165, 1.54) is 11.8 Å². The molecule has 0 fully saturated rings. The zero-order chi connectivity index (χ0) is 24.1. The van der Waals surface area contributed by atoms with Gasteiger partial charge < -0.3 is 10.6 Å². The first-order valence-electron chi connectivity index (χ1n) is 10.5. The number of rotatable bonds is 7. The van der Waals surface area contributed by atoms with Gasteiger partial charge in [-0.2, -0.15) is 0 Å². The summed E-state index contributed by atoms with van der Waals surface area (Å²) in [5.74, 6) is 0.347. The Morgan fingerprint density at radius 1 is 1.00 bits per heavy atom. The molecule has 0 saturated heterocycles. The maximum absolute atomic E-state index is 12.7. The first-order valence-corrected chi connectivity index (χ1v) is 11.8. The minimum absolute atomic E-state index is 0.120. The highest BCUT2D eigenvalue weighted by atomic mass is 35.5. The predicted octanol–water partition coefficient (Wildman–Crippen LogP) is 4.99. The van der Waals surface area contributed by atoms with Crippen molar-refractivity contribution in [1.82, 2.24) is 20.1 Å². The summed E-state index contributed by atoms with van der Waals surface area (Å²) >= 11 is 7.34. The number of aryl methyl sites for hydroxylation is 1. The van der Waals surface area contributed by atoms with Crippen molar-refractivity contribution in [3.05, 3.63) is 88.9 Å². The Kier molecular flexibility index (Phi) is 7.30. The largest absolute Gasteiger partial charge is 0.355 e. The van der Waals surface area contributed by atoms with Gasteiger partial charge in [-0.25, -0.2) is 0 Å². The number of anilines is 1. The third kappa shape index (κ3) is 5.30. The van der Waals surface area contributed by atoms with Crippen molar-refractivity contribution in [2.75, 3.05) is 18.1 Å². The molecule has 0 aliphatic heterocycles. The monoisotopic (exact) mass is 491 g/mol. The van der Waals surface area contributed by atoms with Crippen LogP contribution in [-0.4, -0.2) is 39.4 Å². The van der Waals surface area contributed by atoms with Crippen molar-refractivity contribution < 1.29 is 9.59 Å². The summed E-state index contributed by atoms with van der Waals surface area (Å²) in [5, 5.41) is 15.4. The fraction of sp³-hybridized carbons (Fsp3) is 0.120. The fourth-order valence-electron chi connectivity index (χ4n) is 3.39. The van der Waals surface area contributed by atoms with Crippen molar-refractivity contribution in [2.45, 2.75) is 12.1 Å². The second-order valence-corrected chi connectivity index (χ2v) is 8.81. The third-order valence-corrected chi connectivity index (χ3v) is 6.24. The highest BCUT2D eigenvalue weighted by Gasteiger charge is 2.18. The Morgan fingerprint density at radius 2 is 1.76 bits per heavy atom. The number of carbonyl (C=O) groups is 2. The van der Waals surface area contributed by atoms with Crippen molar-refractivity contribution in [1.29, 1.82) is 0 Å². The smallest absolute Gasteiger partial charge is 0.251 e. The Hall–Kier alpha value is -3.62. The van der Waals surface area contributed by atoms with Crippen molar-refractivity contribution in [3.63, 3.8) is 0 Å². The average molecular weight is 492 g/mol. The Bertz CT molecular complexity index is 1340. The molecule has 9 heteroatoms. The molecule has 0 bridgehead atoms. The quantitative estimate of drug-likeness (QED) is 0.356. The average Bonchev–Trinajstić information content (AvgIpc) is 3.27. The van der Waals surface area contributed by atoms with Crippen LogP contribution in [0.4, 0.5) is 5.69 Å². The molecule has 172 valence electrons. The molecular formula is C25H22ClN5O2S. The van der Waals surface area contributed by atoms with E-state index in [0.717, 1.165) is 16.8 Å². The van der Waals surface area contributed by atoms with E-state index in [9.17, 15) is 9.59 Å². The number of carbonyl (C=O) groups excluding carboxylic acids is 2. The number of hydrogen-bond donors (Lipinski definition) is 2. The third-order valence-electron chi connectivity index (χ3n) is 5.06. The van der Waals surface area contributed by atoms with E-state index in [0.29, 0.717) is 27.3 Å². The van der Waals surface area contributed by atoms with Crippen molar-refractivity contribution >= 4 is 40.9 Å². The molecule has 0 unspecified atom stereocenters. The molecule has 2 amide bonds. The van der Waals surface area contributed by atoms with Crippen LogP contribution >= 0.6 is 23.4 Å². The van der Waals surface area contributed by atoms with Crippen LogP contribution in [0.15, 0.2) is 78.0 Å². The van der Waals surface area contributed by atoms with Gasteiger partial charge in [-0.05, 0) is 61.0 Å². The lowest BCUT2D eigenvalue weighted by Crippen LogP contribution is -2.19. The van der Waals surface area contributed by atoms with E-state index in [-0.39, 0.29) is 17.6 Å². The molecule has 1 aromatic heterocycles. The van der Waals surface area contributed by atoms with E-state index in [1.54, 1.807) is 43.4 Å². The lowest BCUT2D eigenvalue weighted by molar-refractivity contribution is -0.113. The number of benzene rings is 3. The Balaban J connectivity index is 1.58. The molecule has 0 aliphatic rings. The molecule has 4 aromatic rings. The van der Waals surface area contributed by atoms with Gasteiger partial charge in [0.25, 0.3) is 5.91 Å². The van der Waals surface area contributed by atoms with Crippen LogP contribution in [-0.2, 0) is 4.79 Å². The van der Waals surface area contributed by atoms with Gasteiger partial charge in [0, 0.05) is 28.9 Å². The summed E-state index contributed by atoms with van der Waals surface area (Å²) in [4.78, 5) is 24.5. The van der Waals surface area contributed by atoms with E-state index < -0.39 is 0 Å². The van der Waals surface area contributed by atoms with E-state index >= 15 is 0 Å². The highest BCUT2D eigenvalue weighted by molar-refractivity contribution is 7.99. The summed E-state index contributed by atoms with van der Waals surface area (Å²) in [6.45, 7) is 2.02. The van der Waals surface area contributed by atoms with Crippen molar-refractivity contribution in [2.24, 2.45) is 0 Å². The second kappa shape index (κ2) is 10.5. The lowest BCUT2D eigenvalue weighted by atomic mass is 10.1. The lowest BCUT2D eigenvalue weighted by Gasteiger charge is -2.13. The SMILES string of the molecule is CNC(=O)c1cccc(NC(=O)CSc2nnc(-c3ccc(Cl)cc3)n2-c2ccccc2C)c1. The number of nitrogens with one attached hydrogen (secondary N) is 2. The maximum atomic E-state index is 12.7. The maximum Gasteiger partial charge on any atom is 0.251 e. The van der Waals surface area contributed by atoms with E-state index in [4.69, 9.17) is 11.6 Å². The van der Waals surface area contributed by atoms with Gasteiger partial charge in [0.05, 0.1) is 11.4 Å². The molecule has 34 heavy (non-hydrogen) atoms. The topological polar surface area (TPSA) is 88.9 Å². The van der Waals surface area contributed by atoms with Crippen molar-refractivity contribution in [3.8, 4) is 17.1 Å². The first kappa shape index (κ1) is 23.5. The Morgan fingerprint density at radius 3 is 2.50 bits per heavy atom. The number of aromatic nitrogens is 3. The van der Waals surface area contributed by atoms with Gasteiger partial charge in [-0.3, -0.25) is 14.2 Å². The second-order valence-electron chi connectivity index (χ2n) is 7.43. The molecule has 0 saturated carbocycles. The molecular weight excluding hydrogens is 470 g/mol. The molecule has 0 radical (unpaired) electrons. The zero-order valence-electron chi connectivity index (χ0n) is 18.6. The first-order chi connectivity index (χ1) is 16.5. The molecule has 1 heterocycles. The van der Waals surface area contributed by atoms with Gasteiger partial charge in [0.2, 0.25) is 5.91 Å². The summed E-state index contributed by atoms with van der Waals surface area (Å²) in [5.41, 5.74) is 3.87. The standard InChI is InChI=1S/C25H22ClN5O2S/c1-16-6-3-4-9-21(16)31-23(17-10-12-19(26)13-11-17)29-30-25(31)34-15-22(32)28-20-8-5-7-18(14-20)24(33)27-2/h3-14H,15H2,1-2H3,(H,27,33)(H,28,32). The minimum atomic E-state index is -0.216. The van der Waals surface area contributed by atoms with E-state index in [2.05, 4.69) is 20.8 Å². The molecule has 0 spiro atoms. The zero-order valence-corrected chi connectivity index (χ0v) is 20.2. The van der Waals surface area contributed by atoms with Crippen LogP contribution < -0.4 is 10.6 Å². The summed E-state index contributed by atoms with van der Waals surface area (Å²) in [6.07, 6.45) is 0. The fourth-order valence-corrected chi connectivity index (χ4v) is 4.26. The molecule has 0 atom stereocenters. The molecule has 7 nitrogen and oxygen atoms in total. The highest BCUT2D eigenvalue weighted by Crippen LogP contribution is 2.30. The summed E-state index contributed by atoms with van der Waals surface area (Å²) in [7, 11) is 1.56. The van der Waals surface area contributed by atoms with Crippen LogP contribution in [0.1, 0.15) is 15.9 Å². The van der Waals surface area contributed by atoms with Gasteiger partial charge in [-0.15, -0.1) is 10.2 Å². The van der Waals surface area contributed by atoms with Crippen LogP contribution in [0.25, 0.3) is 17.1 Å².